The molecule has 1 N–H and O–H groups in total. The highest BCUT2D eigenvalue weighted by Gasteiger charge is 2.36. The van der Waals surface area contributed by atoms with Crippen LogP contribution in [0.2, 0.25) is 5.02 Å². The SMILES string of the molecule is O=C(COC(=O)CN1C(=O)c2ccccc2C1=O)Nc1cc(C(F)(F)F)ccc1Cl. The van der Waals surface area contributed by atoms with Crippen molar-refractivity contribution in [2.24, 2.45) is 0 Å². The van der Waals surface area contributed by atoms with Crippen molar-refractivity contribution in [3.05, 3.63) is 64.2 Å². The Labute approximate surface area is 172 Å². The van der Waals surface area contributed by atoms with Crippen LogP contribution < -0.4 is 5.32 Å². The smallest absolute Gasteiger partial charge is 0.416 e. The number of nitrogens with one attached hydrogen (secondary N) is 1. The van der Waals surface area contributed by atoms with Crippen LogP contribution in [0.15, 0.2) is 42.5 Å². The lowest BCUT2D eigenvalue weighted by molar-refractivity contribution is -0.147. The molecule has 7 nitrogen and oxygen atoms in total. The third-order valence-corrected chi connectivity index (χ3v) is 4.43. The second-order valence-corrected chi connectivity index (χ2v) is 6.55. The maximum Gasteiger partial charge on any atom is 0.416 e. The molecule has 0 radical (unpaired) electrons. The molecular weight excluding hydrogens is 429 g/mol. The largest absolute Gasteiger partial charge is 0.454 e. The van der Waals surface area contributed by atoms with Gasteiger partial charge in [0.15, 0.2) is 6.61 Å². The Kier molecular flexibility index (Phi) is 5.79. The molecule has 1 aliphatic rings. The number of rotatable bonds is 5. The first kappa shape index (κ1) is 21.3. The van der Waals surface area contributed by atoms with E-state index in [0.29, 0.717) is 11.0 Å². The molecule has 0 saturated heterocycles. The lowest BCUT2D eigenvalue weighted by Gasteiger charge is -2.14. The van der Waals surface area contributed by atoms with Crippen LogP contribution in [0.4, 0.5) is 18.9 Å². The van der Waals surface area contributed by atoms with Gasteiger partial charge in [-0.25, -0.2) is 0 Å². The highest BCUT2D eigenvalue weighted by molar-refractivity contribution is 6.33. The summed E-state index contributed by atoms with van der Waals surface area (Å²) in [6, 6.07) is 8.36. The summed E-state index contributed by atoms with van der Waals surface area (Å²) in [5.41, 5.74) is -1.04. The van der Waals surface area contributed by atoms with E-state index >= 15 is 0 Å². The number of hydrogen-bond donors (Lipinski definition) is 1. The second kappa shape index (κ2) is 8.15. The van der Waals surface area contributed by atoms with E-state index in [1.807, 2.05) is 0 Å². The van der Waals surface area contributed by atoms with Gasteiger partial charge in [-0.1, -0.05) is 23.7 Å². The van der Waals surface area contributed by atoms with Crippen molar-refractivity contribution >= 4 is 41.0 Å². The van der Waals surface area contributed by atoms with Gasteiger partial charge in [0.25, 0.3) is 17.7 Å². The van der Waals surface area contributed by atoms with Gasteiger partial charge < -0.3 is 10.1 Å². The lowest BCUT2D eigenvalue weighted by atomic mass is 10.1. The minimum absolute atomic E-state index is 0.145. The standard InChI is InChI=1S/C19H12ClF3N2O5/c20-13-6-5-10(19(21,22)23)7-14(13)24-15(26)9-30-16(27)8-25-17(28)11-3-1-2-4-12(11)18(25)29/h1-7H,8-9H2,(H,24,26). The zero-order chi connectivity index (χ0) is 22.1. The molecule has 0 aliphatic carbocycles. The monoisotopic (exact) mass is 440 g/mol. The Morgan fingerprint density at radius 2 is 1.63 bits per heavy atom. The molecule has 30 heavy (non-hydrogen) atoms. The van der Waals surface area contributed by atoms with Crippen LogP contribution >= 0.6 is 11.6 Å². The number of amides is 3. The highest BCUT2D eigenvalue weighted by atomic mass is 35.5. The Morgan fingerprint density at radius 1 is 1.03 bits per heavy atom. The third kappa shape index (κ3) is 4.43. The number of benzene rings is 2. The van der Waals surface area contributed by atoms with Crippen LogP contribution in [0.1, 0.15) is 26.3 Å². The van der Waals surface area contributed by atoms with E-state index < -0.39 is 48.6 Å². The van der Waals surface area contributed by atoms with Gasteiger partial charge in [-0.2, -0.15) is 13.2 Å². The van der Waals surface area contributed by atoms with Crippen molar-refractivity contribution in [2.75, 3.05) is 18.5 Å². The van der Waals surface area contributed by atoms with Gasteiger partial charge >= 0.3 is 12.1 Å². The number of esters is 1. The molecule has 2 aromatic rings. The number of hydrogen-bond acceptors (Lipinski definition) is 5. The fourth-order valence-corrected chi connectivity index (χ4v) is 2.85. The zero-order valence-electron chi connectivity index (χ0n) is 15.0. The number of anilines is 1. The maximum atomic E-state index is 12.8. The van der Waals surface area contributed by atoms with Gasteiger partial charge in [0.2, 0.25) is 0 Å². The van der Waals surface area contributed by atoms with E-state index in [1.165, 1.54) is 12.1 Å². The predicted octanol–water partition coefficient (Wildman–Crippen LogP) is 3.14. The molecule has 3 rings (SSSR count). The zero-order valence-corrected chi connectivity index (χ0v) is 15.7. The first-order valence-corrected chi connectivity index (χ1v) is 8.73. The quantitative estimate of drug-likeness (QED) is 0.569. The van der Waals surface area contributed by atoms with Gasteiger partial charge in [0, 0.05) is 0 Å². The van der Waals surface area contributed by atoms with Crippen molar-refractivity contribution in [2.45, 2.75) is 6.18 Å². The predicted molar refractivity (Wildman–Crippen MR) is 97.9 cm³/mol. The maximum absolute atomic E-state index is 12.8. The molecular formula is C19H12ClF3N2O5. The summed E-state index contributed by atoms with van der Waals surface area (Å²) in [6.45, 7) is -1.57. The minimum Gasteiger partial charge on any atom is -0.454 e. The summed E-state index contributed by atoms with van der Waals surface area (Å²) in [5.74, 6) is -3.35. The third-order valence-electron chi connectivity index (χ3n) is 4.10. The summed E-state index contributed by atoms with van der Waals surface area (Å²) in [5, 5.41) is 1.96. The Balaban J connectivity index is 1.57. The van der Waals surface area contributed by atoms with Crippen LogP contribution in [0, 0.1) is 0 Å². The fraction of sp³-hybridized carbons (Fsp3) is 0.158. The summed E-state index contributed by atoms with van der Waals surface area (Å²) >= 11 is 5.77. The minimum atomic E-state index is -4.64. The van der Waals surface area contributed by atoms with Crippen molar-refractivity contribution < 1.29 is 37.1 Å². The second-order valence-electron chi connectivity index (χ2n) is 6.14. The summed E-state index contributed by atoms with van der Waals surface area (Å²) in [6.07, 6.45) is -4.64. The number of alkyl halides is 3. The van der Waals surface area contributed by atoms with E-state index in [2.05, 4.69) is 5.32 Å². The fourth-order valence-electron chi connectivity index (χ4n) is 2.69. The van der Waals surface area contributed by atoms with Crippen LogP contribution in [-0.4, -0.2) is 41.7 Å². The normalized spacial score (nSPS) is 13.3. The Hall–Kier alpha value is -3.40. The van der Waals surface area contributed by atoms with Gasteiger partial charge in [0.1, 0.15) is 6.54 Å². The number of carbonyl (C=O) groups is 4. The number of nitrogens with zero attached hydrogens (tertiary/aromatic N) is 1. The number of halogens is 4. The summed E-state index contributed by atoms with van der Waals surface area (Å²) < 4.78 is 43.0. The van der Waals surface area contributed by atoms with Crippen molar-refractivity contribution in [3.8, 4) is 0 Å². The molecule has 0 saturated carbocycles. The van der Waals surface area contributed by atoms with Crippen LogP contribution in [0.3, 0.4) is 0 Å². The first-order valence-electron chi connectivity index (χ1n) is 8.35. The number of ether oxygens (including phenoxy) is 1. The van der Waals surface area contributed by atoms with Crippen LogP contribution in [0.25, 0.3) is 0 Å². The number of fused-ring (bicyclic) bond motifs is 1. The molecule has 11 heteroatoms. The average Bonchev–Trinajstić information content (AvgIpc) is 2.92. The van der Waals surface area contributed by atoms with Crippen LogP contribution in [0.5, 0.6) is 0 Å². The van der Waals surface area contributed by atoms with Crippen molar-refractivity contribution in [3.63, 3.8) is 0 Å². The van der Waals surface area contributed by atoms with Gasteiger partial charge in [0.05, 0.1) is 27.4 Å². The molecule has 0 unspecified atom stereocenters. The number of carbonyl (C=O) groups excluding carboxylic acids is 4. The van der Waals surface area contributed by atoms with E-state index in [4.69, 9.17) is 16.3 Å². The molecule has 1 heterocycles. The molecule has 0 spiro atoms. The van der Waals surface area contributed by atoms with Gasteiger partial charge in [-0.15, -0.1) is 0 Å². The highest BCUT2D eigenvalue weighted by Crippen LogP contribution is 2.33. The Bertz CT molecular complexity index is 1020. The van der Waals surface area contributed by atoms with Crippen LogP contribution in [-0.2, 0) is 20.5 Å². The van der Waals surface area contributed by atoms with Gasteiger partial charge in [-0.3, -0.25) is 24.1 Å². The molecule has 0 atom stereocenters. The molecule has 0 bridgehead atoms. The number of imide groups is 1. The molecule has 1 aliphatic heterocycles. The first-order chi connectivity index (χ1) is 14.1. The molecule has 0 aromatic heterocycles. The summed E-state index contributed by atoms with van der Waals surface area (Å²) in [4.78, 5) is 48.9. The Morgan fingerprint density at radius 3 is 2.20 bits per heavy atom. The molecule has 0 fully saturated rings. The van der Waals surface area contributed by atoms with E-state index in [9.17, 15) is 32.3 Å². The van der Waals surface area contributed by atoms with Crippen molar-refractivity contribution in [1.82, 2.24) is 4.90 Å². The molecule has 2 aromatic carbocycles. The van der Waals surface area contributed by atoms with Crippen molar-refractivity contribution in [1.29, 1.82) is 0 Å². The summed E-state index contributed by atoms with van der Waals surface area (Å²) in [7, 11) is 0. The molecule has 156 valence electrons. The topological polar surface area (TPSA) is 92.8 Å². The van der Waals surface area contributed by atoms with E-state index in [0.717, 1.165) is 12.1 Å². The van der Waals surface area contributed by atoms with Gasteiger partial charge in [-0.05, 0) is 30.3 Å². The molecule has 3 amide bonds. The average molecular weight is 441 g/mol. The lowest BCUT2D eigenvalue weighted by Crippen LogP contribution is -2.36. The van der Waals surface area contributed by atoms with E-state index in [1.54, 1.807) is 12.1 Å². The van der Waals surface area contributed by atoms with E-state index in [-0.39, 0.29) is 21.8 Å².